The zero-order chi connectivity index (χ0) is 21.3. The molecular weight excluding hydrogens is 352 g/mol. The molecule has 0 fully saturated rings. The van der Waals surface area contributed by atoms with Crippen LogP contribution in [0.1, 0.15) is 112 Å². The van der Waals surface area contributed by atoms with Gasteiger partial charge in [-0.05, 0) is 42.0 Å². The van der Waals surface area contributed by atoms with Crippen LogP contribution < -0.4 is 0 Å². The van der Waals surface area contributed by atoms with Crippen molar-refractivity contribution in [3.8, 4) is 0 Å². The van der Waals surface area contributed by atoms with Crippen molar-refractivity contribution in [3.63, 3.8) is 0 Å². The molecule has 0 aliphatic heterocycles. The van der Waals surface area contributed by atoms with E-state index in [-0.39, 0.29) is 28.4 Å². The summed E-state index contributed by atoms with van der Waals surface area (Å²) in [5.41, 5.74) is 0.787. The molecule has 2 atom stereocenters. The molecule has 0 heterocycles. The number of hydrogen-bond acceptors (Lipinski definition) is 2. The van der Waals surface area contributed by atoms with Gasteiger partial charge in [-0.2, -0.15) is 0 Å². The average molecular weight is 391 g/mol. The molecule has 0 aliphatic rings. The quantitative estimate of drug-likeness (QED) is 0.364. The first-order chi connectivity index (χ1) is 13.3. The summed E-state index contributed by atoms with van der Waals surface area (Å²) in [5, 5.41) is 19.4. The second-order valence-electron chi connectivity index (χ2n) is 8.19. The van der Waals surface area contributed by atoms with Crippen LogP contribution in [0.3, 0.4) is 0 Å². The summed E-state index contributed by atoms with van der Waals surface area (Å²) in [5.74, 6) is -1.47. The Kier molecular flexibility index (Phi) is 9.71. The van der Waals surface area contributed by atoms with Crippen LogP contribution in [0.25, 0.3) is 0 Å². The topological polar surface area (TPSA) is 74.6 Å². The standard InChI is InChI=1S/C24H38O4/c1-6-9-10-11-12-15-24(17(4)7-2,18(5)8-3)21-16-19(22(25)26)13-14-20(21)23(27)28/h13-14,16-18H,6-12,15H2,1-5H3,(H,25,26)(H,27,28). The molecule has 1 rings (SSSR count). The third kappa shape index (κ3) is 5.36. The van der Waals surface area contributed by atoms with E-state index in [0.717, 1.165) is 32.1 Å². The maximum atomic E-state index is 12.0. The van der Waals surface area contributed by atoms with Crippen LogP contribution in [0.15, 0.2) is 18.2 Å². The Balaban J connectivity index is 3.57. The molecule has 0 saturated carbocycles. The van der Waals surface area contributed by atoms with Gasteiger partial charge in [-0.25, -0.2) is 9.59 Å². The lowest BCUT2D eigenvalue weighted by Gasteiger charge is -2.45. The molecule has 0 bridgehead atoms. The first kappa shape index (κ1) is 24.2. The number of hydrogen-bond donors (Lipinski definition) is 2. The van der Waals surface area contributed by atoms with E-state index in [1.54, 1.807) is 6.07 Å². The fourth-order valence-corrected chi connectivity index (χ4v) is 4.64. The lowest BCUT2D eigenvalue weighted by molar-refractivity contribution is 0.0673. The molecule has 0 saturated heterocycles. The molecule has 2 unspecified atom stereocenters. The van der Waals surface area contributed by atoms with Crippen molar-refractivity contribution in [2.75, 3.05) is 0 Å². The third-order valence-corrected chi connectivity index (χ3v) is 6.68. The van der Waals surface area contributed by atoms with E-state index >= 15 is 0 Å². The summed E-state index contributed by atoms with van der Waals surface area (Å²) in [6.45, 7) is 10.9. The van der Waals surface area contributed by atoms with Crippen molar-refractivity contribution >= 4 is 11.9 Å². The van der Waals surface area contributed by atoms with Gasteiger partial charge in [-0.1, -0.05) is 79.6 Å². The molecule has 0 spiro atoms. The molecule has 158 valence electrons. The van der Waals surface area contributed by atoms with E-state index in [2.05, 4.69) is 34.6 Å². The Bertz CT molecular complexity index is 640. The monoisotopic (exact) mass is 390 g/mol. The van der Waals surface area contributed by atoms with Gasteiger partial charge in [0.2, 0.25) is 0 Å². The Hall–Kier alpha value is -1.84. The molecule has 0 aromatic heterocycles. The van der Waals surface area contributed by atoms with Crippen molar-refractivity contribution < 1.29 is 19.8 Å². The number of carboxylic acids is 2. The van der Waals surface area contributed by atoms with Crippen LogP contribution in [0.5, 0.6) is 0 Å². The molecule has 4 heteroatoms. The lowest BCUT2D eigenvalue weighted by atomic mass is 9.58. The van der Waals surface area contributed by atoms with Crippen LogP contribution in [0, 0.1) is 11.8 Å². The number of benzene rings is 1. The fraction of sp³-hybridized carbons (Fsp3) is 0.667. The highest BCUT2D eigenvalue weighted by atomic mass is 16.4. The molecule has 0 aliphatic carbocycles. The van der Waals surface area contributed by atoms with Gasteiger partial charge in [0.15, 0.2) is 0 Å². The van der Waals surface area contributed by atoms with Crippen LogP contribution in [0.4, 0.5) is 0 Å². The normalized spacial score (nSPS) is 15.6. The minimum Gasteiger partial charge on any atom is -0.478 e. The van der Waals surface area contributed by atoms with Crippen LogP contribution in [-0.4, -0.2) is 22.2 Å². The molecule has 1 aromatic rings. The minimum atomic E-state index is -1.01. The maximum Gasteiger partial charge on any atom is 0.335 e. The lowest BCUT2D eigenvalue weighted by Crippen LogP contribution is -2.41. The van der Waals surface area contributed by atoms with Gasteiger partial charge in [0.1, 0.15) is 0 Å². The SMILES string of the molecule is CCCCCCCC(c1cc(C(=O)O)ccc1C(=O)O)(C(C)CC)C(C)CC. The Labute approximate surface area is 170 Å². The minimum absolute atomic E-state index is 0.168. The van der Waals surface area contributed by atoms with Gasteiger partial charge in [-0.3, -0.25) is 0 Å². The average Bonchev–Trinajstić information content (AvgIpc) is 2.69. The number of aromatic carboxylic acids is 2. The third-order valence-electron chi connectivity index (χ3n) is 6.68. The summed E-state index contributed by atoms with van der Waals surface area (Å²) in [4.78, 5) is 23.7. The Morgan fingerprint density at radius 3 is 1.93 bits per heavy atom. The van der Waals surface area contributed by atoms with Gasteiger partial charge < -0.3 is 10.2 Å². The zero-order valence-corrected chi connectivity index (χ0v) is 18.3. The summed E-state index contributed by atoms with van der Waals surface area (Å²) in [6.07, 6.45) is 8.50. The first-order valence-corrected chi connectivity index (χ1v) is 10.9. The van der Waals surface area contributed by atoms with Crippen LogP contribution >= 0.6 is 0 Å². The predicted octanol–water partition coefficient (Wildman–Crippen LogP) is 6.77. The van der Waals surface area contributed by atoms with Crippen molar-refractivity contribution in [2.24, 2.45) is 11.8 Å². The number of rotatable bonds is 13. The van der Waals surface area contributed by atoms with E-state index in [9.17, 15) is 19.8 Å². The second-order valence-corrected chi connectivity index (χ2v) is 8.19. The van der Waals surface area contributed by atoms with E-state index in [1.165, 1.54) is 31.4 Å². The molecule has 0 amide bonds. The van der Waals surface area contributed by atoms with E-state index < -0.39 is 11.9 Å². The first-order valence-electron chi connectivity index (χ1n) is 10.9. The summed E-state index contributed by atoms with van der Waals surface area (Å²) >= 11 is 0. The smallest absolute Gasteiger partial charge is 0.335 e. The van der Waals surface area contributed by atoms with Gasteiger partial charge in [0, 0.05) is 5.41 Å². The summed E-state index contributed by atoms with van der Waals surface area (Å²) in [7, 11) is 0. The predicted molar refractivity (Wildman–Crippen MR) is 114 cm³/mol. The van der Waals surface area contributed by atoms with Gasteiger partial charge in [-0.15, -0.1) is 0 Å². The number of unbranched alkanes of at least 4 members (excludes halogenated alkanes) is 4. The molecule has 28 heavy (non-hydrogen) atoms. The molecule has 4 nitrogen and oxygen atoms in total. The molecular formula is C24H38O4. The van der Waals surface area contributed by atoms with Crippen LogP contribution in [0.2, 0.25) is 0 Å². The van der Waals surface area contributed by atoms with Crippen molar-refractivity contribution in [1.82, 2.24) is 0 Å². The highest BCUT2D eigenvalue weighted by molar-refractivity contribution is 5.93. The van der Waals surface area contributed by atoms with Gasteiger partial charge in [0.25, 0.3) is 0 Å². The van der Waals surface area contributed by atoms with Crippen molar-refractivity contribution in [3.05, 3.63) is 34.9 Å². The Morgan fingerprint density at radius 2 is 1.46 bits per heavy atom. The number of carboxylic acid groups (broad SMARTS) is 2. The van der Waals surface area contributed by atoms with Crippen molar-refractivity contribution in [1.29, 1.82) is 0 Å². The van der Waals surface area contributed by atoms with E-state index in [1.807, 2.05) is 0 Å². The highest BCUT2D eigenvalue weighted by Crippen LogP contribution is 2.48. The van der Waals surface area contributed by atoms with E-state index in [0.29, 0.717) is 5.56 Å². The summed E-state index contributed by atoms with van der Waals surface area (Å²) in [6, 6.07) is 4.53. The highest BCUT2D eigenvalue weighted by Gasteiger charge is 2.43. The molecule has 1 aromatic carbocycles. The summed E-state index contributed by atoms with van der Waals surface area (Å²) < 4.78 is 0. The van der Waals surface area contributed by atoms with Crippen LogP contribution in [-0.2, 0) is 5.41 Å². The maximum absolute atomic E-state index is 12.0. The second kappa shape index (κ2) is 11.2. The fourth-order valence-electron chi connectivity index (χ4n) is 4.64. The van der Waals surface area contributed by atoms with Crippen molar-refractivity contribution in [2.45, 2.75) is 91.4 Å². The molecule has 2 N–H and O–H groups in total. The Morgan fingerprint density at radius 1 is 0.893 bits per heavy atom. The zero-order valence-electron chi connectivity index (χ0n) is 18.3. The van der Waals surface area contributed by atoms with Gasteiger partial charge in [0.05, 0.1) is 11.1 Å². The van der Waals surface area contributed by atoms with E-state index in [4.69, 9.17) is 0 Å². The number of carbonyl (C=O) groups is 2. The van der Waals surface area contributed by atoms with Gasteiger partial charge >= 0.3 is 11.9 Å². The molecule has 0 radical (unpaired) electrons. The largest absolute Gasteiger partial charge is 0.478 e.